The van der Waals surface area contributed by atoms with Gasteiger partial charge in [0.05, 0.1) is 27.8 Å². The first-order valence-electron chi connectivity index (χ1n) is 15.4. The van der Waals surface area contributed by atoms with Crippen molar-refractivity contribution in [1.82, 2.24) is 0 Å². The van der Waals surface area contributed by atoms with Crippen LogP contribution in [-0.2, 0) is 19.4 Å². The topological polar surface area (TPSA) is 47.9 Å². The van der Waals surface area contributed by atoms with Gasteiger partial charge in [-0.15, -0.1) is 0 Å². The molecule has 0 radical (unpaired) electrons. The second-order valence-electron chi connectivity index (χ2n) is 14.4. The fraction of sp³-hybridized carbons (Fsp3) is 0.351. The molecule has 1 saturated heterocycles. The summed E-state index contributed by atoms with van der Waals surface area (Å²) in [6.45, 7) is 15.9. The third-order valence-corrected chi connectivity index (χ3v) is 10.8. The Hall–Kier alpha value is -3.15. The van der Waals surface area contributed by atoms with Gasteiger partial charge in [0.1, 0.15) is 0 Å². The lowest BCUT2D eigenvalue weighted by Gasteiger charge is -2.37. The van der Waals surface area contributed by atoms with E-state index in [0.717, 1.165) is 10.9 Å². The summed E-state index contributed by atoms with van der Waals surface area (Å²) in [5.41, 5.74) is 9.02. The van der Waals surface area contributed by atoms with Crippen LogP contribution >= 0.6 is 0 Å². The maximum Gasteiger partial charge on any atom is 0.495 e. The summed E-state index contributed by atoms with van der Waals surface area (Å²) in [6, 6.07) is 30.8. The summed E-state index contributed by atoms with van der Waals surface area (Å²) >= 11 is 0. The molecule has 4 aromatic rings. The minimum absolute atomic E-state index is 0.396. The van der Waals surface area contributed by atoms with Crippen LogP contribution in [0.1, 0.15) is 77.6 Å². The zero-order chi connectivity index (χ0) is 30.6. The largest absolute Gasteiger partial charge is 0.495 e. The highest BCUT2D eigenvalue weighted by Gasteiger charge is 2.56. The molecule has 0 amide bonds. The lowest BCUT2D eigenvalue weighted by atomic mass is 9.68. The van der Waals surface area contributed by atoms with Crippen LogP contribution in [0.25, 0.3) is 22.3 Å². The fourth-order valence-electron chi connectivity index (χ4n) is 7.06. The number of rotatable bonds is 5. The Bertz CT molecular complexity index is 1750. The molecule has 0 saturated carbocycles. The van der Waals surface area contributed by atoms with Crippen LogP contribution in [0.15, 0.2) is 84.9 Å². The molecule has 1 atom stereocenters. The first-order valence-corrected chi connectivity index (χ1v) is 15.4. The van der Waals surface area contributed by atoms with E-state index in [2.05, 4.69) is 113 Å². The van der Waals surface area contributed by atoms with Crippen molar-refractivity contribution >= 4 is 25.5 Å². The van der Waals surface area contributed by atoms with E-state index in [-0.39, 0.29) is 0 Å². The van der Waals surface area contributed by atoms with E-state index in [1.807, 2.05) is 13.8 Å². The second-order valence-corrected chi connectivity index (χ2v) is 14.4. The maximum absolute atomic E-state index is 10.8. The normalized spacial score (nSPS) is 21.0. The molecule has 1 unspecified atom stereocenters. The average Bonchev–Trinajstić information content (AvgIpc) is 3.51. The summed E-state index contributed by atoms with van der Waals surface area (Å²) in [5, 5.41) is 10.8. The molecule has 1 aliphatic heterocycles. The van der Waals surface area contributed by atoms with Crippen molar-refractivity contribution in [3.63, 3.8) is 0 Å². The number of aliphatic hydroxyl groups is 1. The van der Waals surface area contributed by atoms with Crippen molar-refractivity contribution in [2.24, 2.45) is 0 Å². The molecule has 43 heavy (non-hydrogen) atoms. The van der Waals surface area contributed by atoms with Crippen molar-refractivity contribution in [2.45, 2.75) is 83.2 Å². The Morgan fingerprint density at radius 3 is 1.72 bits per heavy atom. The quantitative estimate of drug-likeness (QED) is 0.264. The van der Waals surface area contributed by atoms with Crippen LogP contribution in [-0.4, -0.2) is 42.1 Å². The predicted octanol–water partition coefficient (Wildman–Crippen LogP) is 5.87. The molecule has 6 heteroatoms. The van der Waals surface area contributed by atoms with Crippen LogP contribution in [0.4, 0.5) is 0 Å². The summed E-state index contributed by atoms with van der Waals surface area (Å²) in [5.74, 6) is 0. The highest BCUT2D eigenvalue weighted by molar-refractivity contribution is 6.64. The number of hydrogen-bond donors (Lipinski definition) is 1. The molecule has 1 heterocycles. The van der Waals surface area contributed by atoms with Gasteiger partial charge in [-0.05, 0) is 111 Å². The molecule has 218 valence electrons. The number of hydrogen-bond acceptors (Lipinski definition) is 4. The minimum Gasteiger partial charge on any atom is -0.427 e. The Morgan fingerprint density at radius 1 is 0.651 bits per heavy atom. The van der Waals surface area contributed by atoms with Gasteiger partial charge >= 0.3 is 14.6 Å². The van der Waals surface area contributed by atoms with E-state index >= 15 is 0 Å². The van der Waals surface area contributed by atoms with Crippen LogP contribution in [0, 0.1) is 0 Å². The molecule has 1 fully saturated rings. The van der Waals surface area contributed by atoms with Gasteiger partial charge in [-0.3, -0.25) is 0 Å². The molecule has 4 aromatic carbocycles. The van der Waals surface area contributed by atoms with Gasteiger partial charge in [-0.25, -0.2) is 0 Å². The van der Waals surface area contributed by atoms with E-state index in [0.29, 0.717) is 7.48 Å². The lowest BCUT2D eigenvalue weighted by Crippen LogP contribution is -2.49. The Kier molecular flexibility index (Phi) is 6.11. The zero-order valence-corrected chi connectivity index (χ0v) is 26.5. The van der Waals surface area contributed by atoms with Crippen LogP contribution in [0.5, 0.6) is 0 Å². The van der Waals surface area contributed by atoms with E-state index in [4.69, 9.17) is 14.0 Å². The average molecular weight is 570 g/mol. The van der Waals surface area contributed by atoms with Gasteiger partial charge in [-0.1, -0.05) is 84.9 Å². The maximum atomic E-state index is 10.8. The Balaban J connectivity index is 1.47. The van der Waals surface area contributed by atoms with Gasteiger partial charge in [0.2, 0.25) is 0 Å². The zero-order valence-electron chi connectivity index (χ0n) is 26.5. The Morgan fingerprint density at radius 2 is 1.14 bits per heavy atom. The van der Waals surface area contributed by atoms with E-state index < -0.39 is 34.9 Å². The first kappa shape index (κ1) is 28.6. The van der Waals surface area contributed by atoms with Crippen LogP contribution in [0.3, 0.4) is 0 Å². The highest BCUT2D eigenvalue weighted by atomic mass is 16.7. The summed E-state index contributed by atoms with van der Waals surface area (Å²) in [7, 11) is -0.0735. The molecular formula is C37H40B2O4. The SMILES string of the molecule is CC(C)(O)C(C)(C)OBc1cccc2c1-c1ccccc1C21c2ccccc2-c2c(B3OC(C)(C)C(C)(C)O3)cccc21. The molecule has 3 aliphatic rings. The van der Waals surface area contributed by atoms with Crippen molar-refractivity contribution in [2.75, 3.05) is 0 Å². The first-order chi connectivity index (χ1) is 20.2. The molecular weight excluding hydrogens is 530 g/mol. The summed E-state index contributed by atoms with van der Waals surface area (Å²) in [6.07, 6.45) is 0. The number of benzene rings is 4. The predicted molar refractivity (Wildman–Crippen MR) is 177 cm³/mol. The molecule has 4 nitrogen and oxygen atoms in total. The van der Waals surface area contributed by atoms with Crippen molar-refractivity contribution in [3.8, 4) is 22.3 Å². The van der Waals surface area contributed by atoms with Crippen molar-refractivity contribution in [1.29, 1.82) is 0 Å². The standard InChI is InChI=1S/C37H40B2O4/c1-33(2,40)34(3,4)41-38-29-21-13-19-27-31(29)23-15-9-11-17-25(23)37(27)26-18-12-10-16-24(26)32-28(37)20-14-22-30(32)39-42-35(5,6)36(7,8)43-39/h9-22,38,40H,1-8H3. The van der Waals surface area contributed by atoms with Gasteiger partial charge in [0.25, 0.3) is 0 Å². The summed E-state index contributed by atoms with van der Waals surface area (Å²) < 4.78 is 19.7. The number of fused-ring (bicyclic) bond motifs is 10. The smallest absolute Gasteiger partial charge is 0.427 e. The van der Waals surface area contributed by atoms with Gasteiger partial charge in [0.15, 0.2) is 0 Å². The Labute approximate surface area is 256 Å². The second kappa shape index (κ2) is 9.18. The molecule has 2 aliphatic carbocycles. The molecule has 0 aromatic heterocycles. The van der Waals surface area contributed by atoms with Crippen molar-refractivity contribution < 1.29 is 19.1 Å². The molecule has 1 N–H and O–H groups in total. The third-order valence-electron chi connectivity index (χ3n) is 10.8. The van der Waals surface area contributed by atoms with E-state index in [9.17, 15) is 5.11 Å². The van der Waals surface area contributed by atoms with Crippen LogP contribution < -0.4 is 10.9 Å². The van der Waals surface area contributed by atoms with Crippen molar-refractivity contribution in [3.05, 3.63) is 107 Å². The minimum atomic E-state index is -0.989. The molecule has 1 spiro atoms. The van der Waals surface area contributed by atoms with E-state index in [1.165, 1.54) is 44.5 Å². The van der Waals surface area contributed by atoms with Gasteiger partial charge in [-0.2, -0.15) is 0 Å². The fourth-order valence-corrected chi connectivity index (χ4v) is 7.06. The monoisotopic (exact) mass is 570 g/mol. The van der Waals surface area contributed by atoms with Crippen LogP contribution in [0.2, 0.25) is 0 Å². The highest BCUT2D eigenvalue weighted by Crippen LogP contribution is 2.62. The van der Waals surface area contributed by atoms with Gasteiger partial charge in [0, 0.05) is 0 Å². The lowest BCUT2D eigenvalue weighted by molar-refractivity contribution is -0.0893. The van der Waals surface area contributed by atoms with E-state index in [1.54, 1.807) is 13.8 Å². The summed E-state index contributed by atoms with van der Waals surface area (Å²) in [4.78, 5) is 0. The molecule has 7 rings (SSSR count). The third kappa shape index (κ3) is 3.86. The van der Waals surface area contributed by atoms with Gasteiger partial charge < -0.3 is 19.1 Å². The molecule has 0 bridgehead atoms.